The zero-order valence-electron chi connectivity index (χ0n) is 12.1. The molecule has 0 saturated carbocycles. The lowest BCUT2D eigenvalue weighted by atomic mass is 10.3. The first kappa shape index (κ1) is 14.7. The smallest absolute Gasteiger partial charge is 0.317 e. The van der Waals surface area contributed by atoms with Gasteiger partial charge in [0.05, 0.1) is 12.2 Å². The first-order valence-corrected chi connectivity index (χ1v) is 7.23. The number of urea groups is 1. The summed E-state index contributed by atoms with van der Waals surface area (Å²) in [5.41, 5.74) is 0.770. The minimum atomic E-state index is -0.0583. The van der Waals surface area contributed by atoms with Gasteiger partial charge in [-0.3, -0.25) is 0 Å². The summed E-state index contributed by atoms with van der Waals surface area (Å²) in [5.74, 6) is 0. The van der Waals surface area contributed by atoms with Crippen molar-refractivity contribution in [2.75, 3.05) is 33.2 Å². The van der Waals surface area contributed by atoms with Crippen LogP contribution < -0.4 is 5.32 Å². The van der Waals surface area contributed by atoms with Crippen LogP contribution in [-0.2, 0) is 6.54 Å². The number of hydrogen-bond donors (Lipinski definition) is 1. The molecule has 2 rings (SSSR count). The second-order valence-corrected chi connectivity index (χ2v) is 5.20. The lowest BCUT2D eigenvalue weighted by Crippen LogP contribution is -2.38. The van der Waals surface area contributed by atoms with Gasteiger partial charge in [-0.05, 0) is 51.0 Å². The number of nitrogens with one attached hydrogen (secondary N) is 1. The largest absolute Gasteiger partial charge is 0.332 e. The van der Waals surface area contributed by atoms with Gasteiger partial charge in [0.15, 0.2) is 0 Å². The average Bonchev–Trinajstić information content (AvgIpc) is 2.99. The number of likely N-dealkylation sites (tertiary alicyclic amines) is 1. The summed E-state index contributed by atoms with van der Waals surface area (Å²) in [7, 11) is 1.83. The summed E-state index contributed by atoms with van der Waals surface area (Å²) in [6.07, 6.45) is 5.27. The fourth-order valence-electron chi connectivity index (χ4n) is 2.37. The van der Waals surface area contributed by atoms with Gasteiger partial charge in [-0.15, -0.1) is 0 Å². The van der Waals surface area contributed by atoms with Gasteiger partial charge in [-0.1, -0.05) is 0 Å². The predicted octanol–water partition coefficient (Wildman–Crippen LogP) is 1.10. The SMILES string of the molecule is CN(CCCN1CCCC1)C(=O)NCc1cccnn1. The molecule has 0 spiro atoms. The van der Waals surface area contributed by atoms with Gasteiger partial charge >= 0.3 is 6.03 Å². The highest BCUT2D eigenvalue weighted by Gasteiger charge is 2.12. The minimum Gasteiger partial charge on any atom is -0.332 e. The third-order valence-corrected chi connectivity index (χ3v) is 3.56. The van der Waals surface area contributed by atoms with Crippen molar-refractivity contribution in [2.24, 2.45) is 0 Å². The fraction of sp³-hybridized carbons (Fsp3) is 0.643. The highest BCUT2D eigenvalue weighted by molar-refractivity contribution is 5.73. The molecule has 6 heteroatoms. The highest BCUT2D eigenvalue weighted by atomic mass is 16.2. The molecule has 1 saturated heterocycles. The third kappa shape index (κ3) is 4.77. The van der Waals surface area contributed by atoms with Crippen LogP contribution in [0.4, 0.5) is 4.79 Å². The summed E-state index contributed by atoms with van der Waals surface area (Å²) >= 11 is 0. The Kier molecular flexibility index (Phi) is 5.73. The maximum Gasteiger partial charge on any atom is 0.317 e. The molecule has 0 atom stereocenters. The standard InChI is InChI=1S/C14H23N5O/c1-18(8-5-11-19-9-2-3-10-19)14(20)15-12-13-6-4-7-16-17-13/h4,6-7H,2-3,5,8-12H2,1H3,(H,15,20). The summed E-state index contributed by atoms with van der Waals surface area (Å²) in [6.45, 7) is 4.71. The molecule has 1 aliphatic heterocycles. The van der Waals surface area contributed by atoms with Crippen molar-refractivity contribution >= 4 is 6.03 Å². The van der Waals surface area contributed by atoms with E-state index in [9.17, 15) is 4.79 Å². The third-order valence-electron chi connectivity index (χ3n) is 3.56. The number of amides is 2. The van der Waals surface area contributed by atoms with E-state index >= 15 is 0 Å². The number of carbonyl (C=O) groups is 1. The van der Waals surface area contributed by atoms with Gasteiger partial charge in [0.2, 0.25) is 0 Å². The number of hydrogen-bond acceptors (Lipinski definition) is 4. The Morgan fingerprint density at radius 1 is 1.45 bits per heavy atom. The van der Waals surface area contributed by atoms with Crippen molar-refractivity contribution in [1.82, 2.24) is 25.3 Å². The Morgan fingerprint density at radius 3 is 2.95 bits per heavy atom. The molecule has 1 N–H and O–H groups in total. The van der Waals surface area contributed by atoms with E-state index in [1.807, 2.05) is 19.2 Å². The van der Waals surface area contributed by atoms with Crippen LogP contribution in [0.1, 0.15) is 25.0 Å². The number of carbonyl (C=O) groups excluding carboxylic acids is 1. The van der Waals surface area contributed by atoms with Crippen LogP contribution in [0.2, 0.25) is 0 Å². The molecule has 1 fully saturated rings. The van der Waals surface area contributed by atoms with Gasteiger partial charge in [-0.2, -0.15) is 10.2 Å². The van der Waals surface area contributed by atoms with Crippen molar-refractivity contribution in [2.45, 2.75) is 25.8 Å². The monoisotopic (exact) mass is 277 g/mol. The van der Waals surface area contributed by atoms with Crippen LogP contribution in [0.15, 0.2) is 18.3 Å². The molecular formula is C14H23N5O. The molecule has 0 aromatic carbocycles. The van der Waals surface area contributed by atoms with Crippen LogP contribution in [0.25, 0.3) is 0 Å². The lowest BCUT2D eigenvalue weighted by molar-refractivity contribution is 0.204. The Labute approximate surface area is 120 Å². The molecule has 0 bridgehead atoms. The maximum atomic E-state index is 11.9. The van der Waals surface area contributed by atoms with Crippen LogP contribution in [0, 0.1) is 0 Å². The molecule has 2 amide bonds. The number of aromatic nitrogens is 2. The average molecular weight is 277 g/mol. The predicted molar refractivity (Wildman–Crippen MR) is 77.2 cm³/mol. The maximum absolute atomic E-state index is 11.9. The van der Waals surface area contributed by atoms with Crippen molar-refractivity contribution in [3.8, 4) is 0 Å². The molecular weight excluding hydrogens is 254 g/mol. The van der Waals surface area contributed by atoms with E-state index in [-0.39, 0.29) is 6.03 Å². The van der Waals surface area contributed by atoms with Crippen LogP contribution in [0.5, 0.6) is 0 Å². The van der Waals surface area contributed by atoms with E-state index in [0.717, 1.165) is 25.2 Å². The topological polar surface area (TPSA) is 61.4 Å². The first-order chi connectivity index (χ1) is 9.75. The van der Waals surface area contributed by atoms with Crippen molar-refractivity contribution in [1.29, 1.82) is 0 Å². The van der Waals surface area contributed by atoms with Gasteiger partial charge in [0.1, 0.15) is 0 Å². The molecule has 110 valence electrons. The summed E-state index contributed by atoms with van der Waals surface area (Å²) < 4.78 is 0. The molecule has 0 unspecified atom stereocenters. The van der Waals surface area contributed by atoms with Crippen LogP contribution in [0.3, 0.4) is 0 Å². The summed E-state index contributed by atoms with van der Waals surface area (Å²) in [6, 6.07) is 3.60. The Morgan fingerprint density at radius 2 is 2.25 bits per heavy atom. The van der Waals surface area contributed by atoms with E-state index in [2.05, 4.69) is 20.4 Å². The summed E-state index contributed by atoms with van der Waals surface area (Å²) in [4.78, 5) is 16.1. The van der Waals surface area contributed by atoms with Gasteiger partial charge in [0.25, 0.3) is 0 Å². The van der Waals surface area contributed by atoms with Crippen LogP contribution >= 0.6 is 0 Å². The van der Waals surface area contributed by atoms with Gasteiger partial charge in [0, 0.05) is 19.8 Å². The van der Waals surface area contributed by atoms with Gasteiger partial charge in [-0.25, -0.2) is 4.79 Å². The summed E-state index contributed by atoms with van der Waals surface area (Å²) in [5, 5.41) is 10.6. The van der Waals surface area contributed by atoms with Crippen molar-refractivity contribution < 1.29 is 4.79 Å². The zero-order valence-corrected chi connectivity index (χ0v) is 12.1. The fourth-order valence-corrected chi connectivity index (χ4v) is 2.37. The van der Waals surface area contributed by atoms with E-state index < -0.39 is 0 Å². The molecule has 0 aliphatic carbocycles. The van der Waals surface area contributed by atoms with E-state index in [1.54, 1.807) is 11.1 Å². The molecule has 2 heterocycles. The first-order valence-electron chi connectivity index (χ1n) is 7.23. The Bertz CT molecular complexity index is 405. The number of nitrogens with zero attached hydrogens (tertiary/aromatic N) is 4. The molecule has 1 aromatic heterocycles. The highest BCUT2D eigenvalue weighted by Crippen LogP contribution is 2.07. The van der Waals surface area contributed by atoms with Crippen LogP contribution in [-0.4, -0.2) is 59.3 Å². The quantitative estimate of drug-likeness (QED) is 0.846. The van der Waals surface area contributed by atoms with E-state index in [0.29, 0.717) is 6.54 Å². The number of rotatable bonds is 6. The molecule has 6 nitrogen and oxygen atoms in total. The minimum absolute atomic E-state index is 0.0583. The second-order valence-electron chi connectivity index (χ2n) is 5.20. The Balaban J connectivity index is 1.61. The van der Waals surface area contributed by atoms with Crippen molar-refractivity contribution in [3.05, 3.63) is 24.0 Å². The molecule has 1 aliphatic rings. The lowest BCUT2D eigenvalue weighted by Gasteiger charge is -2.20. The Hall–Kier alpha value is -1.69. The zero-order chi connectivity index (χ0) is 14.2. The van der Waals surface area contributed by atoms with E-state index in [4.69, 9.17) is 0 Å². The molecule has 0 radical (unpaired) electrons. The molecule has 20 heavy (non-hydrogen) atoms. The van der Waals surface area contributed by atoms with Crippen molar-refractivity contribution in [3.63, 3.8) is 0 Å². The normalized spacial score (nSPS) is 15.2. The van der Waals surface area contributed by atoms with E-state index in [1.165, 1.54) is 25.9 Å². The second kappa shape index (κ2) is 7.79. The molecule has 1 aromatic rings. The van der Waals surface area contributed by atoms with Gasteiger partial charge < -0.3 is 15.1 Å².